The Morgan fingerprint density at radius 1 is 1.38 bits per heavy atom. The zero-order chi connectivity index (χ0) is 11.8. The van der Waals surface area contributed by atoms with E-state index in [0.29, 0.717) is 13.2 Å². The van der Waals surface area contributed by atoms with Gasteiger partial charge in [0.05, 0.1) is 19.0 Å². The number of hydrogen-bond acceptors (Lipinski definition) is 5. The van der Waals surface area contributed by atoms with Crippen LogP contribution in [0.4, 0.5) is 0 Å². The van der Waals surface area contributed by atoms with Crippen LogP contribution in [-0.2, 0) is 9.47 Å². The van der Waals surface area contributed by atoms with E-state index < -0.39 is 5.97 Å². The molecule has 0 spiro atoms. The molecule has 88 valence electrons. The number of carbonyl (C=O) groups excluding carboxylic acids is 1. The second-order valence-electron chi connectivity index (χ2n) is 2.98. The molecule has 0 aliphatic carbocycles. The molecule has 1 heterocycles. The van der Waals surface area contributed by atoms with Crippen molar-refractivity contribution in [1.82, 2.24) is 9.97 Å². The maximum absolute atomic E-state index is 11.4. The van der Waals surface area contributed by atoms with Gasteiger partial charge in [-0.3, -0.25) is 4.98 Å². The number of halogens is 1. The van der Waals surface area contributed by atoms with E-state index in [-0.39, 0.29) is 17.5 Å². The van der Waals surface area contributed by atoms with Gasteiger partial charge in [0, 0.05) is 6.61 Å². The molecule has 1 aromatic heterocycles. The number of rotatable bonds is 6. The minimum atomic E-state index is -0.546. The van der Waals surface area contributed by atoms with Crippen LogP contribution in [0.5, 0.6) is 0 Å². The third-order valence-electron chi connectivity index (χ3n) is 1.62. The van der Waals surface area contributed by atoms with Crippen LogP contribution in [0.2, 0.25) is 5.15 Å². The second kappa shape index (κ2) is 7.14. The van der Waals surface area contributed by atoms with Crippen LogP contribution in [-0.4, -0.2) is 35.8 Å². The first kappa shape index (κ1) is 12.9. The lowest BCUT2D eigenvalue weighted by Crippen LogP contribution is -2.12. The summed E-state index contributed by atoms with van der Waals surface area (Å²) in [6.45, 7) is 3.25. The van der Waals surface area contributed by atoms with E-state index in [2.05, 4.69) is 9.97 Å². The maximum atomic E-state index is 11.4. The fourth-order valence-corrected chi connectivity index (χ4v) is 1.10. The molecule has 0 amide bonds. The number of ether oxygens (including phenoxy) is 2. The third-order valence-corrected chi connectivity index (χ3v) is 1.81. The minimum absolute atomic E-state index is 0.1000. The molecule has 0 radical (unpaired) electrons. The van der Waals surface area contributed by atoms with Crippen molar-refractivity contribution in [3.05, 3.63) is 23.2 Å². The molecular formula is C10H13ClN2O3. The van der Waals surface area contributed by atoms with Crippen LogP contribution in [0.25, 0.3) is 0 Å². The van der Waals surface area contributed by atoms with Crippen LogP contribution < -0.4 is 0 Å². The summed E-state index contributed by atoms with van der Waals surface area (Å²) in [5.41, 5.74) is 0.1000. The van der Waals surface area contributed by atoms with E-state index in [1.165, 1.54) is 12.4 Å². The highest BCUT2D eigenvalue weighted by Gasteiger charge is 2.09. The number of aromatic nitrogens is 2. The number of carbonyl (C=O) groups is 1. The van der Waals surface area contributed by atoms with Crippen molar-refractivity contribution in [2.24, 2.45) is 0 Å². The summed E-state index contributed by atoms with van der Waals surface area (Å²) in [6.07, 6.45) is 3.59. The Morgan fingerprint density at radius 2 is 2.19 bits per heavy atom. The highest BCUT2D eigenvalue weighted by Crippen LogP contribution is 2.03. The number of hydrogen-bond donors (Lipinski definition) is 0. The molecule has 5 nitrogen and oxygen atoms in total. The molecular weight excluding hydrogens is 232 g/mol. The molecule has 0 N–H and O–H groups in total. The minimum Gasteiger partial charge on any atom is -0.458 e. The summed E-state index contributed by atoms with van der Waals surface area (Å²) in [5, 5.41) is 0.164. The molecule has 0 saturated heterocycles. The third kappa shape index (κ3) is 4.55. The van der Waals surface area contributed by atoms with Gasteiger partial charge in [-0.1, -0.05) is 18.5 Å². The summed E-state index contributed by atoms with van der Waals surface area (Å²) >= 11 is 5.59. The largest absolute Gasteiger partial charge is 0.458 e. The molecule has 1 rings (SSSR count). The molecule has 0 aliphatic rings. The van der Waals surface area contributed by atoms with E-state index >= 15 is 0 Å². The fraction of sp³-hybridized carbons (Fsp3) is 0.500. The number of esters is 1. The Kier molecular flexibility index (Phi) is 5.74. The lowest BCUT2D eigenvalue weighted by Gasteiger charge is -2.04. The van der Waals surface area contributed by atoms with Crippen molar-refractivity contribution in [2.45, 2.75) is 13.3 Å². The molecule has 0 aromatic carbocycles. The summed E-state index contributed by atoms with van der Waals surface area (Å²) in [5.74, 6) is -0.546. The fourth-order valence-electron chi connectivity index (χ4n) is 0.954. The van der Waals surface area contributed by atoms with Gasteiger partial charge in [-0.05, 0) is 6.42 Å². The van der Waals surface area contributed by atoms with Crippen LogP contribution in [0.15, 0.2) is 12.4 Å². The van der Waals surface area contributed by atoms with Crippen LogP contribution in [0, 0.1) is 0 Å². The summed E-state index contributed by atoms with van der Waals surface area (Å²) in [6, 6.07) is 0. The van der Waals surface area contributed by atoms with Crippen molar-refractivity contribution < 1.29 is 14.3 Å². The Bertz CT molecular complexity index is 347. The molecule has 0 saturated carbocycles. The standard InChI is InChI=1S/C10H13ClN2O3/c1-2-3-15-4-5-16-10(14)8-6-12-7-9(11)13-8/h6-7H,2-5H2,1H3. The van der Waals surface area contributed by atoms with Gasteiger partial charge in [0.15, 0.2) is 5.69 Å². The van der Waals surface area contributed by atoms with Gasteiger partial charge in [0.25, 0.3) is 0 Å². The molecule has 6 heteroatoms. The van der Waals surface area contributed by atoms with Gasteiger partial charge in [-0.25, -0.2) is 9.78 Å². The van der Waals surface area contributed by atoms with E-state index in [9.17, 15) is 4.79 Å². The van der Waals surface area contributed by atoms with E-state index in [1.807, 2.05) is 6.92 Å². The van der Waals surface area contributed by atoms with Crippen molar-refractivity contribution in [2.75, 3.05) is 19.8 Å². The van der Waals surface area contributed by atoms with Gasteiger partial charge in [0.1, 0.15) is 11.8 Å². The first-order chi connectivity index (χ1) is 7.74. The average molecular weight is 245 g/mol. The molecule has 0 aliphatic heterocycles. The first-order valence-corrected chi connectivity index (χ1v) is 5.34. The first-order valence-electron chi connectivity index (χ1n) is 4.96. The summed E-state index contributed by atoms with van der Waals surface area (Å²) < 4.78 is 10.1. The predicted octanol–water partition coefficient (Wildman–Crippen LogP) is 1.71. The second-order valence-corrected chi connectivity index (χ2v) is 3.36. The van der Waals surface area contributed by atoms with Crippen molar-refractivity contribution in [3.63, 3.8) is 0 Å². The van der Waals surface area contributed by atoms with Gasteiger partial charge in [-0.2, -0.15) is 0 Å². The summed E-state index contributed by atoms with van der Waals surface area (Å²) in [7, 11) is 0. The van der Waals surface area contributed by atoms with Crippen molar-refractivity contribution in [3.8, 4) is 0 Å². The Hall–Kier alpha value is -1.20. The number of nitrogens with zero attached hydrogens (tertiary/aromatic N) is 2. The topological polar surface area (TPSA) is 61.3 Å². The van der Waals surface area contributed by atoms with Crippen LogP contribution >= 0.6 is 11.6 Å². The molecule has 0 unspecified atom stereocenters. The van der Waals surface area contributed by atoms with Gasteiger partial charge < -0.3 is 9.47 Å². The highest BCUT2D eigenvalue weighted by atomic mass is 35.5. The Morgan fingerprint density at radius 3 is 2.88 bits per heavy atom. The smallest absolute Gasteiger partial charge is 0.358 e. The summed E-state index contributed by atoms with van der Waals surface area (Å²) in [4.78, 5) is 18.9. The van der Waals surface area contributed by atoms with Gasteiger partial charge in [-0.15, -0.1) is 0 Å². The van der Waals surface area contributed by atoms with Crippen LogP contribution in [0.3, 0.4) is 0 Å². The van der Waals surface area contributed by atoms with Crippen molar-refractivity contribution >= 4 is 17.6 Å². The van der Waals surface area contributed by atoms with Crippen LogP contribution in [0.1, 0.15) is 23.8 Å². The average Bonchev–Trinajstić information content (AvgIpc) is 2.28. The lowest BCUT2D eigenvalue weighted by atomic mass is 10.4. The van der Waals surface area contributed by atoms with E-state index in [4.69, 9.17) is 21.1 Å². The predicted molar refractivity (Wildman–Crippen MR) is 58.4 cm³/mol. The Balaban J connectivity index is 2.30. The molecule has 0 fully saturated rings. The van der Waals surface area contributed by atoms with Crippen molar-refractivity contribution in [1.29, 1.82) is 0 Å². The molecule has 1 aromatic rings. The lowest BCUT2D eigenvalue weighted by molar-refractivity contribution is 0.0312. The SMILES string of the molecule is CCCOCCOC(=O)c1cncc(Cl)n1. The molecule has 16 heavy (non-hydrogen) atoms. The maximum Gasteiger partial charge on any atom is 0.358 e. The Labute approximate surface area is 98.8 Å². The molecule has 0 atom stereocenters. The molecule has 0 bridgehead atoms. The zero-order valence-electron chi connectivity index (χ0n) is 8.98. The normalized spacial score (nSPS) is 10.1. The van der Waals surface area contributed by atoms with Gasteiger partial charge >= 0.3 is 5.97 Å². The quantitative estimate of drug-likeness (QED) is 0.563. The zero-order valence-corrected chi connectivity index (χ0v) is 9.74. The van der Waals surface area contributed by atoms with E-state index in [0.717, 1.165) is 6.42 Å². The van der Waals surface area contributed by atoms with Gasteiger partial charge in [0.2, 0.25) is 0 Å². The monoisotopic (exact) mass is 244 g/mol. The highest BCUT2D eigenvalue weighted by molar-refractivity contribution is 6.29. The van der Waals surface area contributed by atoms with E-state index in [1.54, 1.807) is 0 Å².